The van der Waals surface area contributed by atoms with Crippen molar-refractivity contribution in [3.05, 3.63) is 0 Å². The van der Waals surface area contributed by atoms with Gasteiger partial charge in [0.2, 0.25) is 5.91 Å². The summed E-state index contributed by atoms with van der Waals surface area (Å²) in [5, 5.41) is 0. The summed E-state index contributed by atoms with van der Waals surface area (Å²) in [6.45, 7) is 5.90. The molecular weight excluding hydrogens is 220 g/mol. The van der Waals surface area contributed by atoms with Gasteiger partial charge in [-0.15, -0.1) is 0 Å². The van der Waals surface area contributed by atoms with Crippen LogP contribution in [0.1, 0.15) is 33.1 Å². The molecule has 5 heteroatoms. The van der Waals surface area contributed by atoms with Gasteiger partial charge in [-0.1, -0.05) is 0 Å². The number of hydrogen-bond acceptors (Lipinski definition) is 4. The minimum absolute atomic E-state index is 0.000966. The van der Waals surface area contributed by atoms with E-state index in [4.69, 9.17) is 10.5 Å². The lowest BCUT2D eigenvalue weighted by Crippen LogP contribution is -2.43. The van der Waals surface area contributed by atoms with Crippen LogP contribution in [-0.4, -0.2) is 42.5 Å². The van der Waals surface area contributed by atoms with Crippen molar-refractivity contribution in [1.82, 2.24) is 4.90 Å². The first-order valence-electron chi connectivity index (χ1n) is 6.23. The van der Waals surface area contributed by atoms with Gasteiger partial charge in [-0.25, -0.2) is 0 Å². The van der Waals surface area contributed by atoms with Gasteiger partial charge in [-0.3, -0.25) is 9.59 Å². The Labute approximate surface area is 102 Å². The molecule has 1 aliphatic heterocycles. The maximum Gasteiger partial charge on any atom is 0.307 e. The van der Waals surface area contributed by atoms with E-state index in [2.05, 4.69) is 4.90 Å². The van der Waals surface area contributed by atoms with Crippen LogP contribution in [0.4, 0.5) is 0 Å². The minimum Gasteiger partial charge on any atom is -0.466 e. The predicted octanol–water partition coefficient (Wildman–Crippen LogP) is 0.525. The van der Waals surface area contributed by atoms with Gasteiger partial charge in [0.15, 0.2) is 0 Å². The number of likely N-dealkylation sites (tertiary alicyclic amines) is 1. The number of rotatable bonds is 5. The quantitative estimate of drug-likeness (QED) is 0.714. The van der Waals surface area contributed by atoms with Crippen LogP contribution in [0.15, 0.2) is 0 Å². The Morgan fingerprint density at radius 3 is 2.47 bits per heavy atom. The van der Waals surface area contributed by atoms with Crippen molar-refractivity contribution in [1.29, 1.82) is 0 Å². The molecule has 2 N–H and O–H groups in total. The van der Waals surface area contributed by atoms with E-state index in [0.717, 1.165) is 25.9 Å². The molecule has 1 saturated heterocycles. The highest BCUT2D eigenvalue weighted by molar-refractivity contribution is 5.76. The van der Waals surface area contributed by atoms with Crippen LogP contribution < -0.4 is 5.73 Å². The Bertz CT molecular complexity index is 273. The van der Waals surface area contributed by atoms with Gasteiger partial charge in [0.1, 0.15) is 0 Å². The molecule has 0 saturated carbocycles. The molecule has 0 aromatic carbocycles. The van der Waals surface area contributed by atoms with Crippen LogP contribution in [0.3, 0.4) is 0 Å². The average molecular weight is 242 g/mol. The zero-order chi connectivity index (χ0) is 12.8. The van der Waals surface area contributed by atoms with Crippen LogP contribution in [-0.2, 0) is 14.3 Å². The Kier molecular flexibility index (Phi) is 5.41. The lowest BCUT2D eigenvalue weighted by atomic mass is 9.95. The standard InChI is InChI=1S/C12H22N2O3/c1-3-17-11(15)8-9(2)14-6-4-10(5-7-14)12(13)16/h9-10H,3-8H2,1-2H3,(H2,13,16). The molecule has 0 aromatic heterocycles. The van der Waals surface area contributed by atoms with E-state index < -0.39 is 0 Å². The third-order valence-electron chi connectivity index (χ3n) is 3.32. The van der Waals surface area contributed by atoms with Crippen LogP contribution in [0.5, 0.6) is 0 Å². The van der Waals surface area contributed by atoms with Gasteiger partial charge in [0, 0.05) is 12.0 Å². The van der Waals surface area contributed by atoms with Crippen molar-refractivity contribution in [2.75, 3.05) is 19.7 Å². The molecule has 1 rings (SSSR count). The molecule has 0 radical (unpaired) electrons. The second-order valence-corrected chi connectivity index (χ2v) is 4.57. The fourth-order valence-electron chi connectivity index (χ4n) is 2.21. The second-order valence-electron chi connectivity index (χ2n) is 4.57. The number of ether oxygens (including phenoxy) is 1. The molecule has 0 aliphatic carbocycles. The fourth-order valence-corrected chi connectivity index (χ4v) is 2.21. The summed E-state index contributed by atoms with van der Waals surface area (Å²) >= 11 is 0. The molecule has 1 heterocycles. The summed E-state index contributed by atoms with van der Waals surface area (Å²) < 4.78 is 4.92. The summed E-state index contributed by atoms with van der Waals surface area (Å²) in [4.78, 5) is 24.6. The zero-order valence-corrected chi connectivity index (χ0v) is 10.6. The highest BCUT2D eigenvalue weighted by Gasteiger charge is 2.26. The smallest absolute Gasteiger partial charge is 0.307 e. The van der Waals surface area contributed by atoms with Crippen LogP contribution in [0, 0.1) is 5.92 Å². The molecule has 0 aromatic rings. The van der Waals surface area contributed by atoms with Gasteiger partial charge >= 0.3 is 5.97 Å². The number of piperidine rings is 1. The van der Waals surface area contributed by atoms with E-state index in [1.807, 2.05) is 6.92 Å². The summed E-state index contributed by atoms with van der Waals surface area (Å²) in [5.41, 5.74) is 5.28. The monoisotopic (exact) mass is 242 g/mol. The number of hydrogen-bond donors (Lipinski definition) is 1. The molecule has 1 aliphatic rings. The van der Waals surface area contributed by atoms with E-state index in [1.54, 1.807) is 6.92 Å². The molecule has 1 atom stereocenters. The Balaban J connectivity index is 2.33. The number of nitrogens with two attached hydrogens (primary N) is 1. The summed E-state index contributed by atoms with van der Waals surface area (Å²) in [5.74, 6) is -0.360. The van der Waals surface area contributed by atoms with Crippen molar-refractivity contribution in [2.45, 2.75) is 39.2 Å². The fraction of sp³-hybridized carbons (Fsp3) is 0.833. The van der Waals surface area contributed by atoms with Gasteiger partial charge in [0.25, 0.3) is 0 Å². The van der Waals surface area contributed by atoms with E-state index >= 15 is 0 Å². The Morgan fingerprint density at radius 2 is 2.00 bits per heavy atom. The van der Waals surface area contributed by atoms with Gasteiger partial charge in [0.05, 0.1) is 13.0 Å². The van der Waals surface area contributed by atoms with E-state index in [9.17, 15) is 9.59 Å². The third kappa shape index (κ3) is 4.34. The first kappa shape index (κ1) is 14.0. The molecule has 1 amide bonds. The summed E-state index contributed by atoms with van der Waals surface area (Å²) in [7, 11) is 0. The van der Waals surface area contributed by atoms with Crippen molar-refractivity contribution in [3.8, 4) is 0 Å². The summed E-state index contributed by atoms with van der Waals surface area (Å²) in [6.07, 6.45) is 2.00. The molecule has 1 unspecified atom stereocenters. The highest BCUT2D eigenvalue weighted by Crippen LogP contribution is 2.19. The number of carbonyl (C=O) groups is 2. The molecule has 1 fully saturated rings. The molecule has 0 spiro atoms. The largest absolute Gasteiger partial charge is 0.466 e. The lowest BCUT2D eigenvalue weighted by molar-refractivity contribution is -0.144. The second kappa shape index (κ2) is 6.59. The van der Waals surface area contributed by atoms with Crippen molar-refractivity contribution in [3.63, 3.8) is 0 Å². The van der Waals surface area contributed by atoms with Gasteiger partial charge in [-0.05, 0) is 39.8 Å². The van der Waals surface area contributed by atoms with Crippen molar-refractivity contribution in [2.24, 2.45) is 11.7 Å². The third-order valence-corrected chi connectivity index (χ3v) is 3.32. The maximum atomic E-state index is 11.3. The van der Waals surface area contributed by atoms with Crippen LogP contribution >= 0.6 is 0 Å². The number of primary amides is 1. The molecule has 17 heavy (non-hydrogen) atoms. The number of amides is 1. The molecule has 98 valence electrons. The van der Waals surface area contributed by atoms with Crippen molar-refractivity contribution >= 4 is 11.9 Å². The van der Waals surface area contributed by atoms with Gasteiger partial charge in [-0.2, -0.15) is 0 Å². The molecule has 5 nitrogen and oxygen atoms in total. The number of carbonyl (C=O) groups excluding carboxylic acids is 2. The molecular formula is C12H22N2O3. The minimum atomic E-state index is -0.206. The number of esters is 1. The zero-order valence-electron chi connectivity index (χ0n) is 10.6. The normalized spacial score (nSPS) is 19.9. The van der Waals surface area contributed by atoms with E-state index in [1.165, 1.54) is 0 Å². The van der Waals surface area contributed by atoms with Crippen LogP contribution in [0.25, 0.3) is 0 Å². The molecule has 0 bridgehead atoms. The first-order chi connectivity index (χ1) is 8.04. The topological polar surface area (TPSA) is 72.6 Å². The Morgan fingerprint density at radius 1 is 1.41 bits per heavy atom. The first-order valence-corrected chi connectivity index (χ1v) is 6.23. The average Bonchev–Trinajstić information content (AvgIpc) is 2.29. The maximum absolute atomic E-state index is 11.3. The van der Waals surface area contributed by atoms with Crippen molar-refractivity contribution < 1.29 is 14.3 Å². The SMILES string of the molecule is CCOC(=O)CC(C)N1CCC(C(N)=O)CC1. The van der Waals surface area contributed by atoms with Gasteiger partial charge < -0.3 is 15.4 Å². The predicted molar refractivity (Wildman–Crippen MR) is 64.2 cm³/mol. The Hall–Kier alpha value is -1.10. The van der Waals surface area contributed by atoms with E-state index in [-0.39, 0.29) is 23.8 Å². The van der Waals surface area contributed by atoms with E-state index in [0.29, 0.717) is 13.0 Å². The lowest BCUT2D eigenvalue weighted by Gasteiger charge is -2.34. The number of nitrogens with zero attached hydrogens (tertiary/aromatic N) is 1. The highest BCUT2D eigenvalue weighted by atomic mass is 16.5. The summed E-state index contributed by atoms with van der Waals surface area (Å²) in [6, 6.07) is 0.169. The van der Waals surface area contributed by atoms with Crippen LogP contribution in [0.2, 0.25) is 0 Å².